The first-order chi connectivity index (χ1) is 15.9. The van der Waals surface area contributed by atoms with Crippen molar-refractivity contribution < 1.29 is 28.6 Å². The third-order valence-corrected chi connectivity index (χ3v) is 5.06. The first kappa shape index (κ1) is 23.8. The van der Waals surface area contributed by atoms with Gasteiger partial charge in [0.05, 0.1) is 27.0 Å². The normalized spacial score (nSPS) is 11.9. The maximum Gasteiger partial charge on any atom is 0.434 e. The van der Waals surface area contributed by atoms with Crippen LogP contribution in [0.1, 0.15) is 11.5 Å². The maximum atomic E-state index is 11.9. The van der Waals surface area contributed by atoms with Gasteiger partial charge in [-0.15, -0.1) is 11.8 Å². The lowest BCUT2D eigenvalue weighted by Gasteiger charge is -2.14. The Kier molecular flexibility index (Phi) is 7.67. The lowest BCUT2D eigenvalue weighted by molar-refractivity contribution is 0.183. The van der Waals surface area contributed by atoms with E-state index >= 15 is 0 Å². The van der Waals surface area contributed by atoms with Crippen molar-refractivity contribution in [1.82, 2.24) is 10.1 Å². The monoisotopic (exact) mass is 470 g/mol. The molecule has 0 fully saturated rings. The Morgan fingerprint density at radius 2 is 1.85 bits per heavy atom. The Bertz CT molecular complexity index is 1200. The highest BCUT2D eigenvalue weighted by Crippen LogP contribution is 2.38. The number of amides is 1. The fourth-order valence-electron chi connectivity index (χ4n) is 2.87. The number of aromatic nitrogens is 2. The van der Waals surface area contributed by atoms with Crippen LogP contribution in [0.25, 0.3) is 11.4 Å². The van der Waals surface area contributed by atoms with Crippen LogP contribution in [0, 0.1) is 6.92 Å². The van der Waals surface area contributed by atoms with Crippen LogP contribution in [0.15, 0.2) is 50.9 Å². The number of hydrogen-bond acceptors (Lipinski definition) is 10. The molecule has 0 spiro atoms. The van der Waals surface area contributed by atoms with E-state index in [9.17, 15) is 9.90 Å². The summed E-state index contributed by atoms with van der Waals surface area (Å²) >= 11 is 1.20. The fraction of sp³-hybridized carbons (Fsp3) is 0.227. The zero-order chi connectivity index (χ0) is 24.0. The quantitative estimate of drug-likeness (QED) is 0.411. The number of phenols is 1. The summed E-state index contributed by atoms with van der Waals surface area (Å²) in [5.41, 5.74) is 2.10. The third kappa shape index (κ3) is 5.50. The first-order valence-electron chi connectivity index (χ1n) is 9.56. The average molecular weight is 471 g/mol. The van der Waals surface area contributed by atoms with E-state index in [1.54, 1.807) is 43.5 Å². The number of aryl methyl sites for hydroxylation is 1. The molecular formula is C22H22N4O6S. The van der Waals surface area contributed by atoms with Gasteiger partial charge in [-0.05, 0) is 42.7 Å². The Morgan fingerprint density at radius 1 is 1.12 bits per heavy atom. The van der Waals surface area contributed by atoms with E-state index in [0.717, 1.165) is 5.56 Å². The number of carbonyl (C=O) groups is 1. The lowest BCUT2D eigenvalue weighted by Crippen LogP contribution is -2.15. The molecule has 10 nitrogen and oxygen atoms in total. The second-order valence-electron chi connectivity index (χ2n) is 6.47. The topological polar surface area (TPSA) is 129 Å². The molecule has 0 aliphatic heterocycles. The molecule has 2 aromatic carbocycles. The molecule has 172 valence electrons. The summed E-state index contributed by atoms with van der Waals surface area (Å²) in [5, 5.41) is 14.6. The molecule has 0 aliphatic carbocycles. The van der Waals surface area contributed by atoms with E-state index in [-0.39, 0.29) is 16.5 Å². The molecule has 0 radical (unpaired) electrons. The molecule has 1 heterocycles. The molecule has 0 bridgehead atoms. The minimum atomic E-state index is -0.778. The minimum absolute atomic E-state index is 0.152. The summed E-state index contributed by atoms with van der Waals surface area (Å²) in [6.45, 7) is 1.71. The molecular weight excluding hydrogens is 448 g/mol. The van der Waals surface area contributed by atoms with Gasteiger partial charge in [0.25, 0.3) is 0 Å². The number of carbonyl (C=O) groups excluding carboxylic acids is 1. The van der Waals surface area contributed by atoms with E-state index < -0.39 is 6.09 Å². The largest absolute Gasteiger partial charge is 0.504 e. The molecule has 11 heteroatoms. The molecule has 0 unspecified atom stereocenters. The van der Waals surface area contributed by atoms with E-state index in [1.165, 1.54) is 39.2 Å². The SMILES string of the molecule is COC(=O)/N=C(\SC)C(=Nc1ccc(-c2noc(C)n2)cc1)c1cc(O)c(OC)c(OC)c1. The predicted molar refractivity (Wildman–Crippen MR) is 125 cm³/mol. The number of rotatable bonds is 6. The van der Waals surface area contributed by atoms with E-state index in [0.29, 0.717) is 34.4 Å². The Hall–Kier alpha value is -3.86. The van der Waals surface area contributed by atoms with Crippen LogP contribution < -0.4 is 9.47 Å². The van der Waals surface area contributed by atoms with Crippen molar-refractivity contribution in [3.8, 4) is 28.6 Å². The number of nitrogens with zero attached hydrogens (tertiary/aromatic N) is 4. The zero-order valence-corrected chi connectivity index (χ0v) is 19.5. The van der Waals surface area contributed by atoms with Crippen LogP contribution in [-0.4, -0.2) is 59.7 Å². The standard InChI is InChI=1S/C22H22N4O6S/c1-12-23-20(26-32-12)13-6-8-15(9-7-13)24-18(21(33-5)25-22(28)31-4)14-10-16(27)19(30-3)17(11-14)29-2/h6-11,27H,1-5H3/b24-18?,25-21-. The third-order valence-electron chi connectivity index (χ3n) is 4.39. The number of phenolic OH excluding ortho intramolecular Hbond substituents is 1. The maximum absolute atomic E-state index is 11.9. The van der Waals surface area contributed by atoms with Gasteiger partial charge in [0, 0.05) is 18.1 Å². The lowest BCUT2D eigenvalue weighted by atomic mass is 10.1. The average Bonchev–Trinajstić information content (AvgIpc) is 3.27. The molecule has 0 saturated heterocycles. The predicted octanol–water partition coefficient (Wildman–Crippen LogP) is 4.42. The molecule has 1 N–H and O–H groups in total. The molecule has 0 atom stereocenters. The van der Waals surface area contributed by atoms with Crippen LogP contribution in [0.2, 0.25) is 0 Å². The molecule has 0 saturated carbocycles. The summed E-state index contributed by atoms with van der Waals surface area (Å²) in [6, 6.07) is 10.2. The van der Waals surface area contributed by atoms with Gasteiger partial charge in [0.2, 0.25) is 17.5 Å². The Labute approximate surface area is 194 Å². The van der Waals surface area contributed by atoms with Crippen LogP contribution in [0.5, 0.6) is 17.2 Å². The van der Waals surface area contributed by atoms with Crippen molar-refractivity contribution in [2.24, 2.45) is 9.98 Å². The van der Waals surface area contributed by atoms with E-state index in [1.807, 2.05) is 0 Å². The zero-order valence-electron chi connectivity index (χ0n) is 18.6. The van der Waals surface area contributed by atoms with Gasteiger partial charge >= 0.3 is 6.09 Å². The Morgan fingerprint density at radius 3 is 2.39 bits per heavy atom. The number of ether oxygens (including phenoxy) is 3. The van der Waals surface area contributed by atoms with Crippen molar-refractivity contribution in [1.29, 1.82) is 0 Å². The van der Waals surface area contributed by atoms with Gasteiger partial charge < -0.3 is 23.8 Å². The smallest absolute Gasteiger partial charge is 0.434 e. The molecule has 3 aromatic rings. The summed E-state index contributed by atoms with van der Waals surface area (Å²) in [7, 11) is 4.11. The summed E-state index contributed by atoms with van der Waals surface area (Å²) < 4.78 is 20.2. The van der Waals surface area contributed by atoms with Gasteiger partial charge in [-0.3, -0.25) is 0 Å². The highest BCUT2D eigenvalue weighted by Gasteiger charge is 2.19. The second-order valence-corrected chi connectivity index (χ2v) is 7.26. The fourth-order valence-corrected chi connectivity index (χ4v) is 3.39. The minimum Gasteiger partial charge on any atom is -0.504 e. The number of hydrogen-bond donors (Lipinski definition) is 1. The summed E-state index contributed by atoms with van der Waals surface area (Å²) in [4.78, 5) is 24.7. The molecule has 0 aliphatic rings. The number of thioether (sulfide) groups is 1. The highest BCUT2D eigenvalue weighted by molar-refractivity contribution is 8.15. The number of benzene rings is 2. The van der Waals surface area contributed by atoms with E-state index in [2.05, 4.69) is 24.9 Å². The van der Waals surface area contributed by atoms with E-state index in [4.69, 9.17) is 14.0 Å². The summed E-state index contributed by atoms with van der Waals surface area (Å²) in [5.74, 6) is 1.25. The number of aromatic hydroxyl groups is 1. The van der Waals surface area contributed by atoms with Crippen molar-refractivity contribution in [3.63, 3.8) is 0 Å². The van der Waals surface area contributed by atoms with Crippen molar-refractivity contribution in [2.75, 3.05) is 27.6 Å². The van der Waals surface area contributed by atoms with Gasteiger partial charge in [-0.1, -0.05) is 5.16 Å². The van der Waals surface area contributed by atoms with Crippen LogP contribution in [-0.2, 0) is 4.74 Å². The molecule has 1 amide bonds. The summed E-state index contributed by atoms with van der Waals surface area (Å²) in [6.07, 6.45) is 0.971. The van der Waals surface area contributed by atoms with Crippen molar-refractivity contribution >= 4 is 34.3 Å². The Balaban J connectivity index is 2.13. The van der Waals surface area contributed by atoms with Crippen molar-refractivity contribution in [2.45, 2.75) is 6.92 Å². The van der Waals surface area contributed by atoms with Gasteiger partial charge in [-0.25, -0.2) is 9.79 Å². The van der Waals surface area contributed by atoms with Gasteiger partial charge in [0.1, 0.15) is 10.8 Å². The molecule has 3 rings (SSSR count). The van der Waals surface area contributed by atoms with Crippen LogP contribution in [0.3, 0.4) is 0 Å². The van der Waals surface area contributed by atoms with Crippen LogP contribution in [0.4, 0.5) is 10.5 Å². The van der Waals surface area contributed by atoms with Crippen molar-refractivity contribution in [3.05, 3.63) is 47.9 Å². The van der Waals surface area contributed by atoms with Gasteiger partial charge in [-0.2, -0.15) is 9.98 Å². The number of aliphatic imine (C=N–C) groups is 2. The second kappa shape index (κ2) is 10.6. The molecule has 1 aromatic heterocycles. The van der Waals surface area contributed by atoms with Crippen LogP contribution >= 0.6 is 11.8 Å². The van der Waals surface area contributed by atoms with Gasteiger partial charge in [0.15, 0.2) is 11.5 Å². The first-order valence-corrected chi connectivity index (χ1v) is 10.8. The number of methoxy groups -OCH3 is 3. The molecule has 33 heavy (non-hydrogen) atoms. The highest BCUT2D eigenvalue weighted by atomic mass is 32.2.